The van der Waals surface area contributed by atoms with Crippen LogP contribution in [0.4, 0.5) is 0 Å². The highest BCUT2D eigenvalue weighted by molar-refractivity contribution is 7.86. The van der Waals surface area contributed by atoms with E-state index in [2.05, 4.69) is 239 Å². The number of phenols is 1. The molecule has 1 aliphatic rings. The lowest BCUT2D eigenvalue weighted by Crippen LogP contribution is -2.34. The molecule has 0 amide bonds. The summed E-state index contributed by atoms with van der Waals surface area (Å²) in [6, 6.07) is 33.5. The number of hydrogen-bond donors (Lipinski definition) is 1. The molecule has 0 aliphatic heterocycles. The standard InChI is InChI=1S/C74H100Cl2O4P2/c1-67(2,3)46-34-47(68(4,5)6)39-55(38-46)81(78,56-40-48(69(7,8)9)35-49(41-56)70(10,11)12)61-32-30-59(75)65(77)63(61)64-62(33-31-60(76)66(64)80-54-28-26-25-27-29-54)82(79,57-42-50(71(13,14)15)36-51(43-57)72(16,17)18)58-44-52(73(19,20)21)37-53(45-58)74(22,23)24/h30-45,54,77H,25-29H2,1-24H3. The molecule has 1 saturated carbocycles. The summed E-state index contributed by atoms with van der Waals surface area (Å²) in [4.78, 5) is 0. The predicted molar refractivity (Wildman–Crippen MR) is 359 cm³/mol. The maximum atomic E-state index is 18.7. The van der Waals surface area contributed by atoms with Gasteiger partial charge in [-0.15, -0.1) is 0 Å². The van der Waals surface area contributed by atoms with Crippen molar-refractivity contribution in [2.24, 2.45) is 0 Å². The third kappa shape index (κ3) is 13.5. The Labute approximate surface area is 507 Å². The van der Waals surface area contributed by atoms with Gasteiger partial charge < -0.3 is 19.0 Å². The summed E-state index contributed by atoms with van der Waals surface area (Å²) in [5, 5.41) is 17.2. The Hall–Kier alpha value is -4.04. The van der Waals surface area contributed by atoms with Crippen LogP contribution in [0.25, 0.3) is 11.1 Å². The van der Waals surface area contributed by atoms with Gasteiger partial charge in [-0.2, -0.15) is 0 Å². The molecule has 1 aliphatic carbocycles. The Morgan fingerprint density at radius 3 is 0.866 bits per heavy atom. The van der Waals surface area contributed by atoms with Crippen LogP contribution in [0.2, 0.25) is 10.0 Å². The van der Waals surface area contributed by atoms with Crippen molar-refractivity contribution in [2.75, 3.05) is 0 Å². The van der Waals surface area contributed by atoms with Crippen LogP contribution in [0.5, 0.6) is 11.5 Å². The fourth-order valence-corrected chi connectivity index (χ4v) is 17.3. The molecule has 0 spiro atoms. The van der Waals surface area contributed by atoms with Crippen LogP contribution in [0.3, 0.4) is 0 Å². The van der Waals surface area contributed by atoms with E-state index < -0.39 is 14.3 Å². The zero-order valence-electron chi connectivity index (χ0n) is 54.7. The van der Waals surface area contributed by atoms with Crippen molar-refractivity contribution in [3.63, 3.8) is 0 Å². The summed E-state index contributed by atoms with van der Waals surface area (Å²) in [6.45, 7) is 52.9. The van der Waals surface area contributed by atoms with Gasteiger partial charge in [0.25, 0.3) is 0 Å². The van der Waals surface area contributed by atoms with Gasteiger partial charge in [-0.1, -0.05) is 220 Å². The minimum absolute atomic E-state index is 0.0572. The first-order valence-electron chi connectivity index (χ1n) is 30.1. The quantitative estimate of drug-likeness (QED) is 0.147. The van der Waals surface area contributed by atoms with E-state index in [4.69, 9.17) is 27.9 Å². The Morgan fingerprint density at radius 2 is 0.610 bits per heavy atom. The van der Waals surface area contributed by atoms with Crippen molar-refractivity contribution in [1.82, 2.24) is 0 Å². The summed E-state index contributed by atoms with van der Waals surface area (Å²) in [7, 11) is -8.45. The molecule has 82 heavy (non-hydrogen) atoms. The van der Waals surface area contributed by atoms with E-state index in [0.29, 0.717) is 48.2 Å². The van der Waals surface area contributed by atoms with Crippen LogP contribution in [-0.4, -0.2) is 11.2 Å². The zero-order valence-corrected chi connectivity index (χ0v) is 58.0. The molecule has 1 fully saturated rings. The third-order valence-electron chi connectivity index (χ3n) is 17.0. The Bertz CT molecular complexity index is 3190. The van der Waals surface area contributed by atoms with Crippen molar-refractivity contribution in [3.8, 4) is 22.6 Å². The number of hydrogen-bond acceptors (Lipinski definition) is 4. The molecule has 0 unspecified atom stereocenters. The lowest BCUT2D eigenvalue weighted by Gasteiger charge is -2.34. The number of phenolic OH excluding ortho intramolecular Hbond substituents is 1. The fourth-order valence-electron chi connectivity index (χ4n) is 11.1. The number of ether oxygens (including phenoxy) is 1. The van der Waals surface area contributed by atoms with Crippen molar-refractivity contribution in [1.29, 1.82) is 0 Å². The van der Waals surface area contributed by atoms with Crippen LogP contribution < -0.4 is 36.6 Å². The molecule has 8 heteroatoms. The van der Waals surface area contributed by atoms with Crippen molar-refractivity contribution in [2.45, 2.75) is 248 Å². The zero-order chi connectivity index (χ0) is 61.7. The van der Waals surface area contributed by atoms with E-state index in [1.807, 2.05) is 18.2 Å². The SMILES string of the molecule is CC(C)(C)c1cc(C(C)(C)C)cc(P(=O)(c2cc(C(C)(C)C)cc(C(C)(C)C)c2)c2ccc(Cl)c(O)c2-c2c(P(=O)(c3cc(C(C)(C)C)cc(C(C)(C)C)c3)c3cc(C(C)(C)C)cc(C(C)(C)C)c3)ccc(Cl)c2OC2CCCCC2)c1. The minimum Gasteiger partial charge on any atom is -0.506 e. The lowest BCUT2D eigenvalue weighted by atomic mass is 9.81. The van der Waals surface area contributed by atoms with Gasteiger partial charge in [0.15, 0.2) is 14.3 Å². The van der Waals surface area contributed by atoms with E-state index >= 15 is 9.13 Å². The second kappa shape index (κ2) is 22.3. The van der Waals surface area contributed by atoms with Gasteiger partial charge in [-0.25, -0.2) is 0 Å². The molecule has 6 aromatic carbocycles. The molecule has 0 aromatic heterocycles. The van der Waals surface area contributed by atoms with E-state index in [9.17, 15) is 5.11 Å². The largest absolute Gasteiger partial charge is 0.506 e. The van der Waals surface area contributed by atoms with Crippen LogP contribution in [-0.2, 0) is 52.5 Å². The monoisotopic (exact) mass is 1180 g/mol. The average Bonchev–Trinajstić information content (AvgIpc) is 3.55. The van der Waals surface area contributed by atoms with Crippen molar-refractivity contribution in [3.05, 3.63) is 152 Å². The number of aromatic hydroxyl groups is 1. The number of rotatable bonds is 9. The molecular weight excluding hydrogens is 1090 g/mol. The molecular formula is C74H100Cl2O4P2. The molecule has 7 rings (SSSR count). The molecule has 1 N–H and O–H groups in total. The summed E-state index contributed by atoms with van der Waals surface area (Å²) in [5.41, 5.74) is 6.13. The molecule has 6 aromatic rings. The van der Waals surface area contributed by atoms with Gasteiger partial charge in [0.05, 0.1) is 16.1 Å². The van der Waals surface area contributed by atoms with Gasteiger partial charge in [-0.3, -0.25) is 0 Å². The second-order valence-corrected chi connectivity index (χ2v) is 38.5. The van der Waals surface area contributed by atoms with E-state index in [0.717, 1.165) is 76.6 Å². The van der Waals surface area contributed by atoms with Crippen LogP contribution in [0, 0.1) is 0 Å². The van der Waals surface area contributed by atoms with E-state index in [-0.39, 0.29) is 65.8 Å². The van der Waals surface area contributed by atoms with E-state index in [1.165, 1.54) is 0 Å². The first-order chi connectivity index (χ1) is 37.2. The average molecular weight is 1190 g/mol. The van der Waals surface area contributed by atoms with Gasteiger partial charge >= 0.3 is 0 Å². The van der Waals surface area contributed by atoms with Crippen LogP contribution >= 0.6 is 37.5 Å². The molecule has 0 bridgehead atoms. The molecule has 0 heterocycles. The molecule has 4 nitrogen and oxygen atoms in total. The first kappa shape index (κ1) is 65.5. The van der Waals surface area contributed by atoms with Crippen LogP contribution in [0.1, 0.15) is 243 Å². The van der Waals surface area contributed by atoms with E-state index in [1.54, 1.807) is 6.07 Å². The number of halogens is 2. The predicted octanol–water partition coefficient (Wildman–Crippen LogP) is 19.7. The smallest absolute Gasteiger partial charge is 0.171 e. The molecule has 0 atom stereocenters. The highest BCUT2D eigenvalue weighted by atomic mass is 35.5. The summed E-state index contributed by atoms with van der Waals surface area (Å²) in [5.74, 6) is 0.00647. The molecule has 0 radical (unpaired) electrons. The Morgan fingerprint density at radius 1 is 0.366 bits per heavy atom. The summed E-state index contributed by atoms with van der Waals surface area (Å²) >= 11 is 15.1. The summed E-state index contributed by atoms with van der Waals surface area (Å²) in [6.07, 6.45) is 4.39. The fraction of sp³-hybridized carbons (Fsp3) is 0.514. The van der Waals surface area contributed by atoms with Crippen molar-refractivity contribution < 1.29 is 19.0 Å². The number of benzene rings is 6. The first-order valence-corrected chi connectivity index (χ1v) is 34.2. The van der Waals surface area contributed by atoms with Gasteiger partial charge in [0, 0.05) is 43.0 Å². The molecule has 0 saturated heterocycles. The normalized spacial score (nSPS) is 15.0. The highest BCUT2D eigenvalue weighted by Gasteiger charge is 2.44. The van der Waals surface area contributed by atoms with Crippen molar-refractivity contribution >= 4 is 69.3 Å². The maximum absolute atomic E-state index is 18.7. The second-order valence-electron chi connectivity index (χ2n) is 32.2. The van der Waals surface area contributed by atoms with Gasteiger partial charge in [-0.05, 0) is 186 Å². The Balaban J connectivity index is 1.85. The highest BCUT2D eigenvalue weighted by Crippen LogP contribution is 2.57. The van der Waals surface area contributed by atoms with Gasteiger partial charge in [0.1, 0.15) is 11.5 Å². The molecule has 444 valence electrons. The maximum Gasteiger partial charge on any atom is 0.171 e. The topological polar surface area (TPSA) is 63.6 Å². The third-order valence-corrected chi connectivity index (χ3v) is 23.7. The van der Waals surface area contributed by atoms with Crippen LogP contribution in [0.15, 0.2) is 97.1 Å². The Kier molecular flexibility index (Phi) is 17.9. The van der Waals surface area contributed by atoms with Gasteiger partial charge in [0.2, 0.25) is 0 Å². The minimum atomic E-state index is -4.23. The lowest BCUT2D eigenvalue weighted by molar-refractivity contribution is 0.156. The summed E-state index contributed by atoms with van der Waals surface area (Å²) < 4.78 is 44.7.